The zero-order valence-electron chi connectivity index (χ0n) is 11.3. The lowest BCUT2D eigenvalue weighted by atomic mass is 10.0. The maximum atomic E-state index is 12.1. The fraction of sp³-hybridized carbons (Fsp3) is 0.538. The van der Waals surface area contributed by atoms with Crippen LogP contribution in [0.2, 0.25) is 5.02 Å². The molecular weight excluding hydrogens is 268 g/mol. The van der Waals surface area contributed by atoms with Crippen LogP contribution < -0.4 is 5.32 Å². The van der Waals surface area contributed by atoms with Gasteiger partial charge in [0.15, 0.2) is 0 Å². The molecule has 1 atom stereocenters. The Morgan fingerprint density at radius 1 is 1.47 bits per heavy atom. The first-order valence-electron chi connectivity index (χ1n) is 6.24. The normalized spacial score (nSPS) is 12.5. The Balaban J connectivity index is 2.84. The van der Waals surface area contributed by atoms with Crippen molar-refractivity contribution in [3.63, 3.8) is 0 Å². The first kappa shape index (κ1) is 15.6. The number of carbonyl (C=O) groups excluding carboxylic acids is 1. The van der Waals surface area contributed by atoms with Gasteiger partial charge in [0.1, 0.15) is 11.7 Å². The lowest BCUT2D eigenvalue weighted by Crippen LogP contribution is -2.42. The number of nitrogens with one attached hydrogen (secondary N) is 1. The lowest BCUT2D eigenvalue weighted by Gasteiger charge is -2.16. The van der Waals surface area contributed by atoms with Crippen LogP contribution >= 0.6 is 11.6 Å². The van der Waals surface area contributed by atoms with E-state index in [1.807, 2.05) is 20.8 Å². The quantitative estimate of drug-likeness (QED) is 0.843. The van der Waals surface area contributed by atoms with Crippen molar-refractivity contribution in [2.75, 3.05) is 0 Å². The highest BCUT2D eigenvalue weighted by Gasteiger charge is 2.23. The third kappa shape index (κ3) is 4.28. The van der Waals surface area contributed by atoms with Crippen molar-refractivity contribution in [1.82, 2.24) is 9.88 Å². The molecule has 5 nitrogen and oxygen atoms in total. The summed E-state index contributed by atoms with van der Waals surface area (Å²) in [5.41, 5.74) is 0.377. The van der Waals surface area contributed by atoms with Crippen molar-refractivity contribution in [2.45, 2.75) is 39.8 Å². The second-order valence-electron chi connectivity index (χ2n) is 4.82. The average molecular weight is 287 g/mol. The number of rotatable bonds is 6. The number of carboxylic acids is 1. The van der Waals surface area contributed by atoms with Gasteiger partial charge in [-0.2, -0.15) is 0 Å². The first-order valence-corrected chi connectivity index (χ1v) is 6.62. The highest BCUT2D eigenvalue weighted by atomic mass is 35.5. The highest BCUT2D eigenvalue weighted by Crippen LogP contribution is 2.15. The molecule has 6 heteroatoms. The summed E-state index contributed by atoms with van der Waals surface area (Å²) in [4.78, 5) is 23.2. The second-order valence-corrected chi connectivity index (χ2v) is 5.26. The monoisotopic (exact) mass is 286 g/mol. The molecule has 0 aromatic carbocycles. The summed E-state index contributed by atoms with van der Waals surface area (Å²) in [7, 11) is 0. The molecule has 0 aliphatic heterocycles. The maximum absolute atomic E-state index is 12.1. The predicted molar refractivity (Wildman–Crippen MR) is 73.5 cm³/mol. The van der Waals surface area contributed by atoms with E-state index >= 15 is 0 Å². The fourth-order valence-electron chi connectivity index (χ4n) is 1.85. The Hall–Kier alpha value is -1.49. The van der Waals surface area contributed by atoms with Gasteiger partial charge in [-0.1, -0.05) is 25.4 Å². The zero-order valence-corrected chi connectivity index (χ0v) is 12.1. The Kier molecular flexibility index (Phi) is 5.42. The number of halogens is 1. The van der Waals surface area contributed by atoms with Gasteiger partial charge in [0, 0.05) is 12.7 Å². The number of aromatic nitrogens is 1. The molecule has 0 saturated heterocycles. The van der Waals surface area contributed by atoms with E-state index in [-0.39, 0.29) is 5.92 Å². The van der Waals surface area contributed by atoms with Crippen molar-refractivity contribution in [3.05, 3.63) is 23.0 Å². The molecule has 1 heterocycles. The molecule has 0 aliphatic carbocycles. The van der Waals surface area contributed by atoms with Crippen molar-refractivity contribution in [1.29, 1.82) is 0 Å². The first-order chi connectivity index (χ1) is 8.85. The van der Waals surface area contributed by atoms with Crippen LogP contribution in [0.25, 0.3) is 0 Å². The lowest BCUT2D eigenvalue weighted by molar-refractivity contribution is -0.139. The minimum atomic E-state index is -1.03. The van der Waals surface area contributed by atoms with E-state index in [1.54, 1.807) is 10.8 Å². The van der Waals surface area contributed by atoms with Crippen LogP contribution in [0.15, 0.2) is 12.3 Å². The number of aryl methyl sites for hydroxylation is 1. The molecule has 0 unspecified atom stereocenters. The van der Waals surface area contributed by atoms with E-state index in [9.17, 15) is 9.59 Å². The van der Waals surface area contributed by atoms with E-state index < -0.39 is 17.9 Å². The minimum absolute atomic E-state index is 0.183. The average Bonchev–Trinajstić information content (AvgIpc) is 2.68. The van der Waals surface area contributed by atoms with Crippen LogP contribution in [0.4, 0.5) is 0 Å². The summed E-state index contributed by atoms with van der Waals surface area (Å²) in [5, 5.41) is 12.1. The summed E-state index contributed by atoms with van der Waals surface area (Å²) in [6, 6.07) is 0.653. The van der Waals surface area contributed by atoms with Crippen LogP contribution in [-0.4, -0.2) is 27.6 Å². The standard InChI is InChI=1S/C13H19ClN2O3/c1-4-16-7-9(14)6-11(16)12(17)15-10(13(18)19)5-8(2)3/h6-8,10H,4-5H2,1-3H3,(H,15,17)(H,18,19)/t10-/m1/s1. The maximum Gasteiger partial charge on any atom is 0.326 e. The molecule has 0 fully saturated rings. The summed E-state index contributed by atoms with van der Waals surface area (Å²) in [6.45, 7) is 6.30. The number of hydrogen-bond acceptors (Lipinski definition) is 2. The van der Waals surface area contributed by atoms with Gasteiger partial charge in [-0.15, -0.1) is 0 Å². The van der Waals surface area contributed by atoms with Crippen molar-refractivity contribution in [2.24, 2.45) is 5.92 Å². The third-order valence-electron chi connectivity index (χ3n) is 2.75. The molecule has 1 rings (SSSR count). The number of amides is 1. The number of aliphatic carboxylic acids is 1. The second kappa shape index (κ2) is 6.61. The molecule has 0 saturated carbocycles. The SMILES string of the molecule is CCn1cc(Cl)cc1C(=O)N[C@H](CC(C)C)C(=O)O. The minimum Gasteiger partial charge on any atom is -0.480 e. The number of nitrogens with zero attached hydrogens (tertiary/aromatic N) is 1. The molecule has 106 valence electrons. The van der Waals surface area contributed by atoms with Gasteiger partial charge < -0.3 is 15.0 Å². The molecule has 0 radical (unpaired) electrons. The van der Waals surface area contributed by atoms with Crippen molar-refractivity contribution in [3.8, 4) is 0 Å². The van der Waals surface area contributed by atoms with Crippen LogP contribution in [0.1, 0.15) is 37.7 Å². The van der Waals surface area contributed by atoms with Crippen LogP contribution in [-0.2, 0) is 11.3 Å². The van der Waals surface area contributed by atoms with E-state index in [2.05, 4.69) is 5.32 Å². The summed E-state index contributed by atoms with van der Waals surface area (Å²) in [6.07, 6.45) is 2.04. The highest BCUT2D eigenvalue weighted by molar-refractivity contribution is 6.31. The molecule has 0 spiro atoms. The van der Waals surface area contributed by atoms with Gasteiger partial charge in [0.25, 0.3) is 5.91 Å². The Morgan fingerprint density at radius 3 is 2.58 bits per heavy atom. The van der Waals surface area contributed by atoms with E-state index in [0.29, 0.717) is 23.7 Å². The Bertz CT molecular complexity index is 468. The van der Waals surface area contributed by atoms with Crippen molar-refractivity contribution < 1.29 is 14.7 Å². The Labute approximate surface area is 117 Å². The van der Waals surface area contributed by atoms with Crippen LogP contribution in [0.3, 0.4) is 0 Å². The third-order valence-corrected chi connectivity index (χ3v) is 2.95. The molecule has 1 aromatic heterocycles. The van der Waals surface area contributed by atoms with E-state index in [0.717, 1.165) is 0 Å². The molecule has 2 N–H and O–H groups in total. The van der Waals surface area contributed by atoms with Crippen LogP contribution in [0, 0.1) is 5.92 Å². The summed E-state index contributed by atoms with van der Waals surface area (Å²) in [5.74, 6) is -1.26. The van der Waals surface area contributed by atoms with Gasteiger partial charge >= 0.3 is 5.97 Å². The molecule has 1 aromatic rings. The number of hydrogen-bond donors (Lipinski definition) is 2. The number of carboxylic acid groups (broad SMARTS) is 1. The molecule has 0 bridgehead atoms. The van der Waals surface area contributed by atoms with Gasteiger partial charge in [-0.05, 0) is 25.3 Å². The smallest absolute Gasteiger partial charge is 0.326 e. The Morgan fingerprint density at radius 2 is 2.11 bits per heavy atom. The van der Waals surface area contributed by atoms with Gasteiger partial charge in [-0.3, -0.25) is 4.79 Å². The topological polar surface area (TPSA) is 71.3 Å². The van der Waals surface area contributed by atoms with Gasteiger partial charge in [0.05, 0.1) is 5.02 Å². The molecule has 19 heavy (non-hydrogen) atoms. The molecule has 1 amide bonds. The van der Waals surface area contributed by atoms with Gasteiger partial charge in [0.2, 0.25) is 0 Å². The fourth-order valence-corrected chi connectivity index (χ4v) is 2.07. The van der Waals surface area contributed by atoms with Crippen LogP contribution in [0.5, 0.6) is 0 Å². The number of carbonyl (C=O) groups is 2. The van der Waals surface area contributed by atoms with E-state index in [4.69, 9.17) is 16.7 Å². The van der Waals surface area contributed by atoms with Gasteiger partial charge in [-0.25, -0.2) is 4.79 Å². The molecular formula is C13H19ClN2O3. The van der Waals surface area contributed by atoms with E-state index in [1.165, 1.54) is 6.07 Å². The largest absolute Gasteiger partial charge is 0.480 e. The zero-order chi connectivity index (χ0) is 14.6. The predicted octanol–water partition coefficient (Wildman–Crippen LogP) is 2.39. The van der Waals surface area contributed by atoms with Crippen molar-refractivity contribution >= 4 is 23.5 Å². The summed E-state index contributed by atoms with van der Waals surface area (Å²) >= 11 is 5.85. The molecule has 0 aliphatic rings. The summed E-state index contributed by atoms with van der Waals surface area (Å²) < 4.78 is 1.69.